The Kier molecular flexibility index (Phi) is 4.34. The molecule has 1 aromatic carbocycles. The number of carbonyl (C=O) groups is 2. The molecule has 1 unspecified atom stereocenters. The first kappa shape index (κ1) is 17.2. The molecule has 0 saturated carbocycles. The van der Waals surface area contributed by atoms with Crippen molar-refractivity contribution >= 4 is 46.3 Å². The van der Waals surface area contributed by atoms with Crippen LogP contribution in [0, 0.1) is 0 Å². The maximum Gasteiger partial charge on any atom is 0.347 e. The standard InChI is InChI=1S/C17H14N6O3S/c1-27(26)17-21-14-11(7-10-8-13(24)20-15(10)25)9-18-23(14)16(22-17)19-12-5-3-2-4-6-12/h2-7,9H,8H2,1H3,(H,19,21,22)(H,20,24,25)/b10-7+. The summed E-state index contributed by atoms with van der Waals surface area (Å²) in [7, 11) is 0. The molecule has 27 heavy (non-hydrogen) atoms. The molecule has 1 saturated heterocycles. The van der Waals surface area contributed by atoms with E-state index in [0.717, 1.165) is 5.69 Å². The summed E-state index contributed by atoms with van der Waals surface area (Å²) < 4.78 is 13.4. The number of para-hydroxylation sites is 1. The van der Waals surface area contributed by atoms with E-state index in [9.17, 15) is 14.1 Å². The predicted octanol–water partition coefficient (Wildman–Crippen LogP) is 1.04. The van der Waals surface area contributed by atoms with Crippen molar-refractivity contribution in [2.75, 3.05) is 11.6 Å². The van der Waals surface area contributed by atoms with Crippen LogP contribution in [0.3, 0.4) is 0 Å². The molecule has 0 aliphatic carbocycles. The summed E-state index contributed by atoms with van der Waals surface area (Å²) in [6.45, 7) is 0. The zero-order valence-electron chi connectivity index (χ0n) is 14.2. The van der Waals surface area contributed by atoms with Gasteiger partial charge in [0.15, 0.2) is 5.65 Å². The van der Waals surface area contributed by atoms with E-state index in [1.807, 2.05) is 30.3 Å². The Hall–Kier alpha value is -3.24. The molecule has 0 spiro atoms. The van der Waals surface area contributed by atoms with Crippen LogP contribution in [-0.4, -0.2) is 42.2 Å². The van der Waals surface area contributed by atoms with Gasteiger partial charge in [-0.1, -0.05) is 18.2 Å². The molecule has 1 aliphatic rings. The first-order valence-electron chi connectivity index (χ1n) is 7.97. The average Bonchev–Trinajstić information content (AvgIpc) is 3.19. The highest BCUT2D eigenvalue weighted by molar-refractivity contribution is 7.90. The van der Waals surface area contributed by atoms with Gasteiger partial charge in [-0.2, -0.15) is 14.6 Å². The van der Waals surface area contributed by atoms with Gasteiger partial charge in [0.05, 0.1) is 12.6 Å². The van der Waals surface area contributed by atoms with Gasteiger partial charge >= 0.3 is 5.16 Å². The van der Waals surface area contributed by atoms with Crippen molar-refractivity contribution < 1.29 is 14.1 Å². The van der Waals surface area contributed by atoms with Crippen molar-refractivity contribution in [2.24, 2.45) is 0 Å². The molecular formula is C17H14N6O3S. The van der Waals surface area contributed by atoms with E-state index in [-0.39, 0.29) is 17.5 Å². The number of benzene rings is 1. The monoisotopic (exact) mass is 382 g/mol. The van der Waals surface area contributed by atoms with Crippen molar-refractivity contribution in [1.29, 1.82) is 0 Å². The van der Waals surface area contributed by atoms with E-state index in [1.54, 1.807) is 6.08 Å². The fraction of sp³-hybridized carbons (Fsp3) is 0.118. The Labute approximate surface area is 156 Å². The number of imide groups is 1. The molecular weight excluding hydrogens is 368 g/mol. The average molecular weight is 382 g/mol. The first-order valence-corrected chi connectivity index (χ1v) is 9.53. The van der Waals surface area contributed by atoms with Crippen LogP contribution in [0.25, 0.3) is 11.7 Å². The van der Waals surface area contributed by atoms with Gasteiger partial charge < -0.3 is 9.87 Å². The van der Waals surface area contributed by atoms with Crippen LogP contribution in [-0.2, 0) is 20.8 Å². The molecule has 1 atom stereocenters. The number of hydrogen-bond donors (Lipinski definition) is 2. The van der Waals surface area contributed by atoms with E-state index in [1.165, 1.54) is 17.0 Å². The van der Waals surface area contributed by atoms with Crippen LogP contribution in [0.15, 0.2) is 47.3 Å². The molecule has 9 nitrogen and oxygen atoms in total. The van der Waals surface area contributed by atoms with Gasteiger partial charge in [0.25, 0.3) is 5.91 Å². The van der Waals surface area contributed by atoms with Gasteiger partial charge in [-0.15, -0.1) is 4.98 Å². The Morgan fingerprint density at radius 2 is 2.04 bits per heavy atom. The SMILES string of the molecule is C[S+]([O-])c1nc(Nc2ccccc2)n2ncc(/C=C3\CC(=O)NC3=O)c2n1. The molecule has 136 valence electrons. The highest BCUT2D eigenvalue weighted by Gasteiger charge is 2.25. The van der Waals surface area contributed by atoms with Crippen molar-refractivity contribution in [3.8, 4) is 0 Å². The summed E-state index contributed by atoms with van der Waals surface area (Å²) in [5, 5.41) is 9.76. The highest BCUT2D eigenvalue weighted by atomic mass is 32.2. The van der Waals surface area contributed by atoms with E-state index >= 15 is 0 Å². The number of nitrogens with zero attached hydrogens (tertiary/aromatic N) is 4. The summed E-state index contributed by atoms with van der Waals surface area (Å²) in [5.41, 5.74) is 2.01. The largest absolute Gasteiger partial charge is 0.609 e. The predicted molar refractivity (Wildman–Crippen MR) is 98.6 cm³/mol. The molecule has 1 fully saturated rings. The Morgan fingerprint density at radius 1 is 1.26 bits per heavy atom. The molecule has 4 rings (SSSR count). The van der Waals surface area contributed by atoms with Crippen molar-refractivity contribution in [3.63, 3.8) is 0 Å². The van der Waals surface area contributed by atoms with E-state index in [0.29, 0.717) is 22.7 Å². The van der Waals surface area contributed by atoms with Crippen molar-refractivity contribution in [1.82, 2.24) is 24.9 Å². The summed E-state index contributed by atoms with van der Waals surface area (Å²) in [6, 6.07) is 9.34. The maximum atomic E-state index is 12.0. The second-order valence-corrected chi connectivity index (χ2v) is 7.11. The zero-order chi connectivity index (χ0) is 19.0. The van der Waals surface area contributed by atoms with Gasteiger partial charge in [0, 0.05) is 28.0 Å². The number of aromatic nitrogens is 4. The van der Waals surface area contributed by atoms with Gasteiger partial charge in [0.2, 0.25) is 11.9 Å². The Balaban J connectivity index is 1.82. The van der Waals surface area contributed by atoms with E-state index < -0.39 is 17.1 Å². The fourth-order valence-electron chi connectivity index (χ4n) is 2.65. The molecule has 10 heteroatoms. The van der Waals surface area contributed by atoms with Crippen LogP contribution in [0.2, 0.25) is 0 Å². The molecule has 1 aliphatic heterocycles. The van der Waals surface area contributed by atoms with E-state index in [4.69, 9.17) is 0 Å². The van der Waals surface area contributed by atoms with Crippen LogP contribution < -0.4 is 10.6 Å². The third-order valence-corrected chi connectivity index (χ3v) is 4.58. The zero-order valence-corrected chi connectivity index (χ0v) is 15.0. The molecule has 2 amide bonds. The van der Waals surface area contributed by atoms with Crippen LogP contribution in [0.5, 0.6) is 0 Å². The van der Waals surface area contributed by atoms with Gasteiger partial charge in [0.1, 0.15) is 6.26 Å². The number of anilines is 2. The Morgan fingerprint density at radius 3 is 2.70 bits per heavy atom. The van der Waals surface area contributed by atoms with Crippen molar-refractivity contribution in [3.05, 3.63) is 47.7 Å². The lowest BCUT2D eigenvalue weighted by Gasteiger charge is -2.09. The number of amides is 2. The second kappa shape index (κ2) is 6.82. The van der Waals surface area contributed by atoms with Crippen LogP contribution in [0.1, 0.15) is 12.0 Å². The number of nitrogens with one attached hydrogen (secondary N) is 2. The third kappa shape index (κ3) is 3.39. The first-order chi connectivity index (χ1) is 13.0. The molecule has 2 aromatic heterocycles. The lowest BCUT2D eigenvalue weighted by molar-refractivity contribution is -0.124. The Bertz CT molecular complexity index is 1080. The topological polar surface area (TPSA) is 124 Å². The smallest absolute Gasteiger partial charge is 0.347 e. The minimum absolute atomic E-state index is 0.00292. The number of hydrogen-bond acceptors (Lipinski definition) is 7. The van der Waals surface area contributed by atoms with E-state index in [2.05, 4.69) is 25.7 Å². The molecule has 2 N–H and O–H groups in total. The van der Waals surface area contributed by atoms with Gasteiger partial charge in [-0.05, 0) is 18.2 Å². The van der Waals surface area contributed by atoms with Gasteiger partial charge in [-0.25, -0.2) is 0 Å². The lowest BCUT2D eigenvalue weighted by Crippen LogP contribution is -2.19. The number of rotatable bonds is 4. The number of carbonyl (C=O) groups excluding carboxylic acids is 2. The minimum atomic E-state index is -1.42. The molecule has 3 aromatic rings. The summed E-state index contributed by atoms with van der Waals surface area (Å²) in [4.78, 5) is 31.8. The maximum absolute atomic E-state index is 12.0. The van der Waals surface area contributed by atoms with Crippen LogP contribution in [0.4, 0.5) is 11.6 Å². The minimum Gasteiger partial charge on any atom is -0.609 e. The van der Waals surface area contributed by atoms with Crippen molar-refractivity contribution in [2.45, 2.75) is 11.6 Å². The fourth-order valence-corrected chi connectivity index (χ4v) is 3.08. The molecule has 0 radical (unpaired) electrons. The second-order valence-electron chi connectivity index (χ2n) is 5.83. The molecule has 3 heterocycles. The van der Waals surface area contributed by atoms with Gasteiger partial charge in [-0.3, -0.25) is 14.9 Å². The highest BCUT2D eigenvalue weighted by Crippen LogP contribution is 2.22. The summed E-state index contributed by atoms with van der Waals surface area (Å²) in [6.07, 6.45) is 4.56. The molecule has 0 bridgehead atoms. The third-order valence-electron chi connectivity index (χ3n) is 3.89. The number of fused-ring (bicyclic) bond motifs is 1. The quantitative estimate of drug-likeness (QED) is 0.392. The summed E-state index contributed by atoms with van der Waals surface area (Å²) >= 11 is -1.42. The summed E-state index contributed by atoms with van der Waals surface area (Å²) in [5.74, 6) is -0.442. The van der Waals surface area contributed by atoms with Crippen LogP contribution >= 0.6 is 0 Å². The normalized spacial score (nSPS) is 16.7. The lowest BCUT2D eigenvalue weighted by atomic mass is 10.1.